The molecule has 0 radical (unpaired) electrons. The van der Waals surface area contributed by atoms with Crippen molar-refractivity contribution in [1.82, 2.24) is 9.55 Å². The van der Waals surface area contributed by atoms with Gasteiger partial charge in [-0.3, -0.25) is 9.36 Å². The molecule has 0 unspecified atom stereocenters. The van der Waals surface area contributed by atoms with Crippen molar-refractivity contribution < 1.29 is 14.3 Å². The van der Waals surface area contributed by atoms with Crippen LogP contribution in [0.4, 0.5) is 0 Å². The summed E-state index contributed by atoms with van der Waals surface area (Å²) < 4.78 is 12.5. The van der Waals surface area contributed by atoms with E-state index in [9.17, 15) is 9.59 Å². The second-order valence-corrected chi connectivity index (χ2v) is 8.62. The molecule has 0 atom stereocenters. The zero-order valence-electron chi connectivity index (χ0n) is 17.6. The van der Waals surface area contributed by atoms with Gasteiger partial charge in [0, 0.05) is 5.02 Å². The van der Waals surface area contributed by atoms with Gasteiger partial charge in [-0.05, 0) is 54.8 Å². The van der Waals surface area contributed by atoms with Crippen molar-refractivity contribution >= 4 is 39.1 Å². The topological polar surface area (TPSA) is 70.4 Å². The molecule has 0 aliphatic carbocycles. The van der Waals surface area contributed by atoms with Crippen LogP contribution in [0.15, 0.2) is 59.7 Å². The summed E-state index contributed by atoms with van der Waals surface area (Å²) in [5.74, 6) is 0.595. The Kier molecular flexibility index (Phi) is 6.58. The molecule has 0 amide bonds. The lowest BCUT2D eigenvalue weighted by Crippen LogP contribution is -2.21. The standard InChI is InChI=1S/C24H21ClN2O4S/c1-3-12-30-17-8-10-18(11-9-17)31-24(29)21-15(2)20-22(32-21)26-14-27(23(20)28)13-16-6-4-5-7-19(16)25/h4-11,14H,3,12-13H2,1-2H3. The van der Waals surface area contributed by atoms with Crippen molar-refractivity contribution in [3.05, 3.63) is 86.2 Å². The number of hydrogen-bond acceptors (Lipinski definition) is 6. The highest BCUT2D eigenvalue weighted by Gasteiger charge is 2.21. The first-order valence-corrected chi connectivity index (χ1v) is 11.3. The Hall–Kier alpha value is -3.16. The zero-order valence-corrected chi connectivity index (χ0v) is 19.2. The van der Waals surface area contributed by atoms with Crippen LogP contribution in [0.2, 0.25) is 5.02 Å². The lowest BCUT2D eigenvalue weighted by Gasteiger charge is -2.07. The SMILES string of the molecule is CCCOc1ccc(OC(=O)c2sc3ncn(Cc4ccccc4Cl)c(=O)c3c2C)cc1. The van der Waals surface area contributed by atoms with Gasteiger partial charge < -0.3 is 9.47 Å². The molecule has 0 saturated heterocycles. The van der Waals surface area contributed by atoms with Crippen molar-refractivity contribution in [1.29, 1.82) is 0 Å². The molecule has 2 heterocycles. The maximum absolute atomic E-state index is 13.1. The third-order valence-electron chi connectivity index (χ3n) is 4.91. The van der Waals surface area contributed by atoms with Gasteiger partial charge in [0.2, 0.25) is 0 Å². The summed E-state index contributed by atoms with van der Waals surface area (Å²) in [5, 5.41) is 0.997. The number of halogens is 1. The molecule has 2 aromatic heterocycles. The van der Waals surface area contributed by atoms with Gasteiger partial charge in [-0.2, -0.15) is 0 Å². The molecule has 0 fully saturated rings. The third-order valence-corrected chi connectivity index (χ3v) is 6.46. The molecule has 164 valence electrons. The number of carbonyl (C=O) groups excluding carboxylic acids is 1. The summed E-state index contributed by atoms with van der Waals surface area (Å²) in [4.78, 5) is 31.1. The number of benzene rings is 2. The average molecular weight is 469 g/mol. The van der Waals surface area contributed by atoms with E-state index in [-0.39, 0.29) is 5.56 Å². The third kappa shape index (κ3) is 4.54. The van der Waals surface area contributed by atoms with Crippen LogP contribution >= 0.6 is 22.9 Å². The van der Waals surface area contributed by atoms with E-state index in [4.69, 9.17) is 21.1 Å². The molecule has 2 aromatic carbocycles. The Balaban J connectivity index is 1.59. The summed E-state index contributed by atoms with van der Waals surface area (Å²) in [6.45, 7) is 4.69. The first-order chi connectivity index (χ1) is 15.5. The molecule has 0 spiro atoms. The van der Waals surface area contributed by atoms with Crippen LogP contribution < -0.4 is 15.0 Å². The Morgan fingerprint density at radius 3 is 2.56 bits per heavy atom. The van der Waals surface area contributed by atoms with Gasteiger partial charge in [0.25, 0.3) is 5.56 Å². The largest absolute Gasteiger partial charge is 0.494 e. The molecule has 0 aliphatic rings. The number of esters is 1. The Morgan fingerprint density at radius 1 is 1.12 bits per heavy atom. The molecule has 4 aromatic rings. The predicted octanol–water partition coefficient (Wildman–Crippen LogP) is 5.48. The fraction of sp³-hybridized carbons (Fsp3) is 0.208. The van der Waals surface area contributed by atoms with Gasteiger partial charge in [-0.25, -0.2) is 9.78 Å². The van der Waals surface area contributed by atoms with Crippen LogP contribution in [0.5, 0.6) is 11.5 Å². The van der Waals surface area contributed by atoms with E-state index in [1.54, 1.807) is 37.3 Å². The van der Waals surface area contributed by atoms with Crippen LogP contribution in [-0.4, -0.2) is 22.1 Å². The first-order valence-electron chi connectivity index (χ1n) is 10.1. The minimum Gasteiger partial charge on any atom is -0.494 e. The van der Waals surface area contributed by atoms with Crippen LogP contribution in [0.25, 0.3) is 10.2 Å². The Labute approximate surface area is 194 Å². The maximum Gasteiger partial charge on any atom is 0.354 e. The van der Waals surface area contributed by atoms with E-state index in [2.05, 4.69) is 4.98 Å². The predicted molar refractivity (Wildman–Crippen MR) is 126 cm³/mol. The quantitative estimate of drug-likeness (QED) is 0.265. The molecule has 4 rings (SSSR count). The molecule has 8 heteroatoms. The van der Waals surface area contributed by atoms with Crippen LogP contribution in [0, 0.1) is 6.92 Å². The minimum atomic E-state index is -0.523. The highest BCUT2D eigenvalue weighted by molar-refractivity contribution is 7.20. The van der Waals surface area contributed by atoms with Crippen molar-refractivity contribution in [2.24, 2.45) is 0 Å². The van der Waals surface area contributed by atoms with Crippen molar-refractivity contribution in [3.8, 4) is 11.5 Å². The molecular weight excluding hydrogens is 448 g/mol. The Morgan fingerprint density at radius 2 is 1.84 bits per heavy atom. The van der Waals surface area contributed by atoms with Crippen LogP contribution in [0.3, 0.4) is 0 Å². The highest BCUT2D eigenvalue weighted by atomic mass is 35.5. The van der Waals surface area contributed by atoms with Crippen LogP contribution in [-0.2, 0) is 6.54 Å². The second kappa shape index (κ2) is 9.54. The minimum absolute atomic E-state index is 0.222. The summed E-state index contributed by atoms with van der Waals surface area (Å²) in [5.41, 5.74) is 1.15. The van der Waals surface area contributed by atoms with E-state index in [1.165, 1.54) is 10.9 Å². The second-order valence-electron chi connectivity index (χ2n) is 7.21. The van der Waals surface area contributed by atoms with E-state index < -0.39 is 5.97 Å². The number of rotatable bonds is 7. The molecule has 0 bridgehead atoms. The average Bonchev–Trinajstić information content (AvgIpc) is 3.14. The number of hydrogen-bond donors (Lipinski definition) is 0. The van der Waals surface area contributed by atoms with Gasteiger partial charge in [0.1, 0.15) is 21.2 Å². The van der Waals surface area contributed by atoms with Gasteiger partial charge in [0.05, 0.1) is 24.9 Å². The zero-order chi connectivity index (χ0) is 22.7. The molecule has 6 nitrogen and oxygen atoms in total. The smallest absolute Gasteiger partial charge is 0.354 e. The van der Waals surface area contributed by atoms with Crippen molar-refractivity contribution in [3.63, 3.8) is 0 Å². The molecule has 0 N–H and O–H groups in total. The van der Waals surface area contributed by atoms with Gasteiger partial charge in [0.15, 0.2) is 0 Å². The summed E-state index contributed by atoms with van der Waals surface area (Å²) >= 11 is 7.38. The van der Waals surface area contributed by atoms with Crippen molar-refractivity contribution in [2.75, 3.05) is 6.61 Å². The number of carbonyl (C=O) groups is 1. The normalized spacial score (nSPS) is 11.0. The van der Waals surface area contributed by atoms with E-state index >= 15 is 0 Å². The summed E-state index contributed by atoms with van der Waals surface area (Å²) in [6.07, 6.45) is 2.39. The van der Waals surface area contributed by atoms with Crippen LogP contribution in [0.1, 0.15) is 34.1 Å². The van der Waals surface area contributed by atoms with Gasteiger partial charge in [-0.15, -0.1) is 11.3 Å². The first kappa shape index (κ1) is 22.0. The fourth-order valence-electron chi connectivity index (χ4n) is 3.25. The van der Waals surface area contributed by atoms with E-state index in [1.807, 2.05) is 25.1 Å². The van der Waals surface area contributed by atoms with Gasteiger partial charge >= 0.3 is 5.97 Å². The number of aryl methyl sites for hydroxylation is 1. The molecular formula is C24H21ClN2O4S. The fourth-order valence-corrected chi connectivity index (χ4v) is 4.47. The number of fused-ring (bicyclic) bond motifs is 1. The van der Waals surface area contributed by atoms with Gasteiger partial charge in [-0.1, -0.05) is 36.7 Å². The molecule has 0 aliphatic heterocycles. The number of nitrogens with zero attached hydrogens (tertiary/aromatic N) is 2. The van der Waals surface area contributed by atoms with E-state index in [0.29, 0.717) is 50.3 Å². The van der Waals surface area contributed by atoms with Crippen molar-refractivity contribution in [2.45, 2.75) is 26.8 Å². The summed E-state index contributed by atoms with van der Waals surface area (Å²) in [6, 6.07) is 14.2. The lowest BCUT2D eigenvalue weighted by atomic mass is 10.2. The number of ether oxygens (including phenoxy) is 2. The van der Waals surface area contributed by atoms with E-state index in [0.717, 1.165) is 23.3 Å². The summed E-state index contributed by atoms with van der Waals surface area (Å²) in [7, 11) is 0. The highest BCUT2D eigenvalue weighted by Crippen LogP contribution is 2.29. The molecule has 0 saturated carbocycles. The Bertz CT molecular complexity index is 1330. The monoisotopic (exact) mass is 468 g/mol. The number of thiophene rings is 1. The molecule has 32 heavy (non-hydrogen) atoms. The maximum atomic E-state index is 13.1. The lowest BCUT2D eigenvalue weighted by molar-refractivity contribution is 0.0739. The number of aromatic nitrogens is 2.